The van der Waals surface area contributed by atoms with E-state index in [1.807, 2.05) is 39.6 Å². The van der Waals surface area contributed by atoms with E-state index in [0.29, 0.717) is 5.95 Å². The Morgan fingerprint density at radius 2 is 2.15 bits per heavy atom. The van der Waals surface area contributed by atoms with Crippen LogP contribution in [-0.2, 0) is 5.75 Å². The SMILES string of the molecule is CC(C)n1c(N)nnc1SCc1cn2ccccc2n1. The Morgan fingerprint density at radius 3 is 2.90 bits per heavy atom. The van der Waals surface area contributed by atoms with Gasteiger partial charge in [0, 0.05) is 24.2 Å². The number of hydrogen-bond donors (Lipinski definition) is 1. The molecule has 3 aromatic heterocycles. The number of thioether (sulfide) groups is 1. The van der Waals surface area contributed by atoms with Gasteiger partial charge in [-0.2, -0.15) is 0 Å². The second-order valence-corrected chi connectivity index (χ2v) is 5.73. The van der Waals surface area contributed by atoms with Crippen molar-refractivity contribution in [2.45, 2.75) is 30.8 Å². The van der Waals surface area contributed by atoms with Crippen LogP contribution in [-0.4, -0.2) is 24.1 Å². The fourth-order valence-electron chi connectivity index (χ4n) is 2.07. The molecular formula is C13H16N6S. The van der Waals surface area contributed by atoms with Crippen LogP contribution in [0.4, 0.5) is 5.95 Å². The predicted octanol–water partition coefficient (Wildman–Crippen LogP) is 2.38. The molecule has 0 atom stereocenters. The number of rotatable bonds is 4. The summed E-state index contributed by atoms with van der Waals surface area (Å²) >= 11 is 1.60. The summed E-state index contributed by atoms with van der Waals surface area (Å²) in [6, 6.07) is 6.20. The molecule has 6 nitrogen and oxygen atoms in total. The van der Waals surface area contributed by atoms with Crippen molar-refractivity contribution in [2.75, 3.05) is 5.73 Å². The average molecular weight is 288 g/mol. The molecule has 0 spiro atoms. The van der Waals surface area contributed by atoms with Crippen LogP contribution >= 0.6 is 11.8 Å². The maximum absolute atomic E-state index is 5.83. The number of anilines is 1. The minimum absolute atomic E-state index is 0.244. The van der Waals surface area contributed by atoms with E-state index < -0.39 is 0 Å². The molecule has 0 fully saturated rings. The first-order chi connectivity index (χ1) is 9.65. The molecule has 0 bridgehead atoms. The van der Waals surface area contributed by atoms with Crippen molar-refractivity contribution in [3.63, 3.8) is 0 Å². The van der Waals surface area contributed by atoms with Crippen LogP contribution in [0.3, 0.4) is 0 Å². The van der Waals surface area contributed by atoms with Gasteiger partial charge in [0.15, 0.2) is 5.16 Å². The van der Waals surface area contributed by atoms with E-state index in [1.165, 1.54) is 0 Å². The number of nitrogens with two attached hydrogens (primary N) is 1. The van der Waals surface area contributed by atoms with E-state index in [9.17, 15) is 0 Å². The fraction of sp³-hybridized carbons (Fsp3) is 0.308. The van der Waals surface area contributed by atoms with Gasteiger partial charge in [0.1, 0.15) is 5.65 Å². The number of hydrogen-bond acceptors (Lipinski definition) is 5. The lowest BCUT2D eigenvalue weighted by atomic mass is 10.4. The first-order valence-corrected chi connectivity index (χ1v) is 7.39. The van der Waals surface area contributed by atoms with Gasteiger partial charge >= 0.3 is 0 Å². The number of fused-ring (bicyclic) bond motifs is 1. The number of imidazole rings is 1. The maximum atomic E-state index is 5.83. The van der Waals surface area contributed by atoms with Crippen LogP contribution in [0.25, 0.3) is 5.65 Å². The second-order valence-electron chi connectivity index (χ2n) is 4.79. The summed E-state index contributed by atoms with van der Waals surface area (Å²) in [5, 5.41) is 8.89. The van der Waals surface area contributed by atoms with Gasteiger partial charge in [0.25, 0.3) is 0 Å². The van der Waals surface area contributed by atoms with Crippen molar-refractivity contribution in [1.82, 2.24) is 24.1 Å². The minimum Gasteiger partial charge on any atom is -0.368 e. The van der Waals surface area contributed by atoms with Gasteiger partial charge in [-0.25, -0.2) is 4.98 Å². The highest BCUT2D eigenvalue weighted by atomic mass is 32.2. The van der Waals surface area contributed by atoms with Crippen LogP contribution in [0.1, 0.15) is 25.6 Å². The van der Waals surface area contributed by atoms with E-state index in [2.05, 4.69) is 29.0 Å². The van der Waals surface area contributed by atoms with Crippen molar-refractivity contribution in [3.05, 3.63) is 36.3 Å². The molecule has 0 aromatic carbocycles. The third-order valence-electron chi connectivity index (χ3n) is 2.97. The van der Waals surface area contributed by atoms with Gasteiger partial charge in [-0.05, 0) is 26.0 Å². The van der Waals surface area contributed by atoms with Crippen molar-refractivity contribution in [2.24, 2.45) is 0 Å². The van der Waals surface area contributed by atoms with E-state index in [-0.39, 0.29) is 6.04 Å². The highest BCUT2D eigenvalue weighted by Gasteiger charge is 2.13. The van der Waals surface area contributed by atoms with Crippen molar-refractivity contribution < 1.29 is 0 Å². The second kappa shape index (κ2) is 5.16. The molecule has 0 radical (unpaired) electrons. The van der Waals surface area contributed by atoms with Gasteiger partial charge in [-0.1, -0.05) is 17.8 Å². The zero-order valence-electron chi connectivity index (χ0n) is 11.4. The summed E-state index contributed by atoms with van der Waals surface area (Å²) in [5.74, 6) is 1.20. The summed E-state index contributed by atoms with van der Waals surface area (Å²) in [6.07, 6.45) is 4.02. The summed E-state index contributed by atoms with van der Waals surface area (Å²) in [7, 11) is 0. The standard InChI is InChI=1S/C13H16N6S/c1-9(2)19-12(14)16-17-13(19)20-8-10-7-18-6-4-3-5-11(18)15-10/h3-7,9H,8H2,1-2H3,(H2,14,16). The molecule has 20 heavy (non-hydrogen) atoms. The van der Waals surface area contributed by atoms with Gasteiger partial charge < -0.3 is 10.1 Å². The Bertz CT molecular complexity index is 696. The third kappa shape index (κ3) is 2.36. The molecule has 2 N–H and O–H groups in total. The number of aromatic nitrogens is 5. The van der Waals surface area contributed by atoms with Crippen molar-refractivity contribution in [3.8, 4) is 0 Å². The Hall–Kier alpha value is -2.02. The highest BCUT2D eigenvalue weighted by molar-refractivity contribution is 7.98. The zero-order valence-corrected chi connectivity index (χ0v) is 12.2. The molecular weight excluding hydrogens is 272 g/mol. The molecule has 0 saturated heterocycles. The lowest BCUT2D eigenvalue weighted by Gasteiger charge is -2.10. The van der Waals surface area contributed by atoms with E-state index >= 15 is 0 Å². The zero-order chi connectivity index (χ0) is 14.1. The average Bonchev–Trinajstić information content (AvgIpc) is 2.99. The Kier molecular flexibility index (Phi) is 3.35. The maximum Gasteiger partial charge on any atom is 0.222 e. The quantitative estimate of drug-likeness (QED) is 0.746. The summed E-state index contributed by atoms with van der Waals surface area (Å²) in [5.41, 5.74) is 7.79. The van der Waals surface area contributed by atoms with Crippen LogP contribution < -0.4 is 5.73 Å². The summed E-state index contributed by atoms with van der Waals surface area (Å²) in [4.78, 5) is 4.56. The molecule has 7 heteroatoms. The molecule has 104 valence electrons. The molecule has 3 rings (SSSR count). The van der Waals surface area contributed by atoms with E-state index in [1.54, 1.807) is 11.8 Å². The molecule has 0 aliphatic rings. The van der Waals surface area contributed by atoms with Crippen molar-refractivity contribution in [1.29, 1.82) is 0 Å². The number of nitrogen functional groups attached to an aromatic ring is 1. The summed E-state index contributed by atoms with van der Waals surface area (Å²) < 4.78 is 3.94. The molecule has 3 heterocycles. The van der Waals surface area contributed by atoms with Gasteiger partial charge in [-0.3, -0.25) is 4.57 Å². The Balaban J connectivity index is 1.79. The monoisotopic (exact) mass is 288 g/mol. The molecule has 0 amide bonds. The molecule has 0 unspecified atom stereocenters. The van der Waals surface area contributed by atoms with Gasteiger partial charge in [0.05, 0.1) is 5.69 Å². The Labute approximate surface area is 121 Å². The van der Waals surface area contributed by atoms with Crippen LogP contribution in [0, 0.1) is 0 Å². The smallest absolute Gasteiger partial charge is 0.222 e. The topological polar surface area (TPSA) is 74.0 Å². The fourth-order valence-corrected chi connectivity index (χ4v) is 3.03. The molecule has 0 aliphatic heterocycles. The third-order valence-corrected chi connectivity index (χ3v) is 3.95. The number of pyridine rings is 1. The lowest BCUT2D eigenvalue weighted by molar-refractivity contribution is 0.557. The Morgan fingerprint density at radius 1 is 1.30 bits per heavy atom. The largest absolute Gasteiger partial charge is 0.368 e. The van der Waals surface area contributed by atoms with Crippen LogP contribution in [0.2, 0.25) is 0 Å². The molecule has 3 aromatic rings. The van der Waals surface area contributed by atoms with E-state index in [4.69, 9.17) is 5.73 Å². The van der Waals surface area contributed by atoms with Crippen LogP contribution in [0.15, 0.2) is 35.7 Å². The first-order valence-electron chi connectivity index (χ1n) is 6.41. The minimum atomic E-state index is 0.244. The highest BCUT2D eigenvalue weighted by Crippen LogP contribution is 2.25. The van der Waals surface area contributed by atoms with Crippen molar-refractivity contribution >= 4 is 23.4 Å². The normalized spacial score (nSPS) is 11.6. The van der Waals surface area contributed by atoms with E-state index in [0.717, 1.165) is 22.3 Å². The molecule has 0 aliphatic carbocycles. The predicted molar refractivity (Wildman–Crippen MR) is 79.6 cm³/mol. The first kappa shape index (κ1) is 13.0. The van der Waals surface area contributed by atoms with Gasteiger partial charge in [0.2, 0.25) is 5.95 Å². The van der Waals surface area contributed by atoms with Gasteiger partial charge in [-0.15, -0.1) is 10.2 Å². The summed E-state index contributed by atoms with van der Waals surface area (Å²) in [6.45, 7) is 4.13. The molecule has 0 saturated carbocycles. The number of nitrogens with zero attached hydrogens (tertiary/aromatic N) is 5. The van der Waals surface area contributed by atoms with Crippen LogP contribution in [0.5, 0.6) is 0 Å². The lowest BCUT2D eigenvalue weighted by Crippen LogP contribution is -2.07.